The highest BCUT2D eigenvalue weighted by Crippen LogP contribution is 2.17. The van der Waals surface area contributed by atoms with Crippen LogP contribution in [-0.2, 0) is 6.42 Å². The molecule has 0 fully saturated rings. The Morgan fingerprint density at radius 3 is 2.81 bits per heavy atom. The number of hydrogen-bond acceptors (Lipinski definition) is 2. The Kier molecular flexibility index (Phi) is 3.41. The van der Waals surface area contributed by atoms with Gasteiger partial charge in [0.1, 0.15) is 5.82 Å². The van der Waals surface area contributed by atoms with Crippen LogP contribution in [0.15, 0.2) is 24.4 Å². The molecular formula is C10H8Cl2FN3. The normalized spacial score (nSPS) is 10.7. The van der Waals surface area contributed by atoms with Crippen LogP contribution in [0.5, 0.6) is 0 Å². The SMILES string of the molecule is Fc1cc(Cl)cc(-n2cc(CCCl)nn2)c1. The Morgan fingerprint density at radius 1 is 1.31 bits per heavy atom. The van der Waals surface area contributed by atoms with Gasteiger partial charge in [0.25, 0.3) is 0 Å². The van der Waals surface area contributed by atoms with Crippen molar-refractivity contribution >= 4 is 23.2 Å². The molecule has 2 rings (SSSR count). The van der Waals surface area contributed by atoms with Gasteiger partial charge in [0, 0.05) is 17.3 Å². The van der Waals surface area contributed by atoms with Gasteiger partial charge in [0.05, 0.1) is 17.6 Å². The molecule has 2 aromatic rings. The fraction of sp³-hybridized carbons (Fsp3) is 0.200. The monoisotopic (exact) mass is 259 g/mol. The molecular weight excluding hydrogens is 252 g/mol. The molecule has 3 nitrogen and oxygen atoms in total. The number of halogens is 3. The summed E-state index contributed by atoms with van der Waals surface area (Å²) in [6, 6.07) is 4.19. The zero-order chi connectivity index (χ0) is 11.5. The van der Waals surface area contributed by atoms with Crippen LogP contribution in [0.3, 0.4) is 0 Å². The van der Waals surface area contributed by atoms with E-state index in [-0.39, 0.29) is 0 Å². The van der Waals surface area contributed by atoms with Crippen molar-refractivity contribution in [3.05, 3.63) is 40.9 Å². The number of aromatic nitrogens is 3. The van der Waals surface area contributed by atoms with Crippen LogP contribution < -0.4 is 0 Å². The van der Waals surface area contributed by atoms with Crippen LogP contribution in [0.1, 0.15) is 5.69 Å². The van der Waals surface area contributed by atoms with Gasteiger partial charge in [-0.05, 0) is 18.2 Å². The maximum atomic E-state index is 13.1. The van der Waals surface area contributed by atoms with Gasteiger partial charge in [-0.15, -0.1) is 16.7 Å². The van der Waals surface area contributed by atoms with E-state index in [1.165, 1.54) is 16.8 Å². The zero-order valence-corrected chi connectivity index (χ0v) is 9.71. The number of hydrogen-bond donors (Lipinski definition) is 0. The van der Waals surface area contributed by atoms with Crippen LogP contribution >= 0.6 is 23.2 Å². The Labute approximate surface area is 102 Å². The summed E-state index contributed by atoms with van der Waals surface area (Å²) in [6.45, 7) is 0. The molecule has 1 heterocycles. The van der Waals surface area contributed by atoms with Crippen LogP contribution in [0.25, 0.3) is 5.69 Å². The molecule has 0 atom stereocenters. The minimum absolute atomic E-state index is 0.324. The molecule has 0 bridgehead atoms. The maximum absolute atomic E-state index is 13.1. The number of nitrogens with zero attached hydrogens (tertiary/aromatic N) is 3. The average molecular weight is 260 g/mol. The van der Waals surface area contributed by atoms with E-state index in [4.69, 9.17) is 23.2 Å². The summed E-state index contributed by atoms with van der Waals surface area (Å²) in [5.41, 5.74) is 1.30. The first kappa shape index (κ1) is 11.4. The van der Waals surface area contributed by atoms with E-state index in [9.17, 15) is 4.39 Å². The van der Waals surface area contributed by atoms with Gasteiger partial charge in [0.2, 0.25) is 0 Å². The van der Waals surface area contributed by atoms with Crippen LogP contribution in [0.2, 0.25) is 5.02 Å². The molecule has 0 spiro atoms. The molecule has 0 amide bonds. The summed E-state index contributed by atoms with van der Waals surface area (Å²) >= 11 is 11.3. The molecule has 0 aliphatic heterocycles. The molecule has 1 aromatic heterocycles. The highest BCUT2D eigenvalue weighted by molar-refractivity contribution is 6.30. The molecule has 0 unspecified atom stereocenters. The van der Waals surface area contributed by atoms with Crippen molar-refractivity contribution in [3.8, 4) is 5.69 Å². The van der Waals surface area contributed by atoms with Crippen molar-refractivity contribution in [2.75, 3.05) is 5.88 Å². The van der Waals surface area contributed by atoms with Crippen LogP contribution in [0, 0.1) is 5.82 Å². The second-order valence-corrected chi connectivity index (χ2v) is 4.04. The average Bonchev–Trinajstić information content (AvgIpc) is 2.65. The third kappa shape index (κ3) is 2.51. The summed E-state index contributed by atoms with van der Waals surface area (Å²) in [5, 5.41) is 8.10. The van der Waals surface area contributed by atoms with E-state index in [2.05, 4.69) is 10.3 Å². The molecule has 84 valence electrons. The lowest BCUT2D eigenvalue weighted by molar-refractivity contribution is 0.625. The quantitative estimate of drug-likeness (QED) is 0.794. The first-order chi connectivity index (χ1) is 7.69. The van der Waals surface area contributed by atoms with Gasteiger partial charge in [0.15, 0.2) is 0 Å². The molecule has 0 aliphatic carbocycles. The van der Waals surface area contributed by atoms with Gasteiger partial charge >= 0.3 is 0 Å². The maximum Gasteiger partial charge on any atom is 0.126 e. The molecule has 1 aromatic carbocycles. The lowest BCUT2D eigenvalue weighted by atomic mass is 10.3. The highest BCUT2D eigenvalue weighted by atomic mass is 35.5. The summed E-state index contributed by atoms with van der Waals surface area (Å²) in [6.07, 6.45) is 2.33. The lowest BCUT2D eigenvalue weighted by Crippen LogP contribution is -1.95. The van der Waals surface area contributed by atoms with Gasteiger partial charge in [-0.3, -0.25) is 0 Å². The minimum Gasteiger partial charge on any atom is -0.220 e. The van der Waals surface area contributed by atoms with E-state index >= 15 is 0 Å². The smallest absolute Gasteiger partial charge is 0.126 e. The number of benzene rings is 1. The summed E-state index contributed by atoms with van der Waals surface area (Å²) < 4.78 is 14.6. The van der Waals surface area contributed by atoms with Crippen molar-refractivity contribution in [2.24, 2.45) is 0 Å². The molecule has 0 saturated heterocycles. The number of alkyl halides is 1. The molecule has 0 saturated carbocycles. The molecule has 0 N–H and O–H groups in total. The Hall–Kier alpha value is -1.13. The molecule has 0 aliphatic rings. The summed E-state index contributed by atoms with van der Waals surface area (Å²) in [4.78, 5) is 0. The van der Waals surface area contributed by atoms with Gasteiger partial charge < -0.3 is 0 Å². The third-order valence-corrected chi connectivity index (χ3v) is 2.41. The topological polar surface area (TPSA) is 30.7 Å². The molecule has 6 heteroatoms. The Bertz CT molecular complexity index is 478. The largest absolute Gasteiger partial charge is 0.220 e. The van der Waals surface area contributed by atoms with Crippen molar-refractivity contribution in [2.45, 2.75) is 6.42 Å². The van der Waals surface area contributed by atoms with Crippen LogP contribution in [0.4, 0.5) is 4.39 Å². The van der Waals surface area contributed by atoms with Crippen molar-refractivity contribution in [1.29, 1.82) is 0 Å². The standard InChI is InChI=1S/C10H8Cl2FN3/c11-2-1-9-6-16(15-14-9)10-4-7(12)3-8(13)5-10/h3-6H,1-2H2. The van der Waals surface area contributed by atoms with E-state index in [0.29, 0.717) is 23.0 Å². The van der Waals surface area contributed by atoms with E-state index in [1.54, 1.807) is 12.3 Å². The second-order valence-electron chi connectivity index (χ2n) is 3.22. The van der Waals surface area contributed by atoms with Gasteiger partial charge in [-0.1, -0.05) is 16.8 Å². The van der Waals surface area contributed by atoms with Crippen molar-refractivity contribution in [1.82, 2.24) is 15.0 Å². The highest BCUT2D eigenvalue weighted by Gasteiger charge is 2.05. The summed E-state index contributed by atoms with van der Waals surface area (Å²) in [5.74, 6) is 0.0691. The van der Waals surface area contributed by atoms with Gasteiger partial charge in [-0.25, -0.2) is 9.07 Å². The van der Waals surface area contributed by atoms with Crippen molar-refractivity contribution in [3.63, 3.8) is 0 Å². The predicted molar refractivity (Wildman–Crippen MR) is 60.8 cm³/mol. The van der Waals surface area contributed by atoms with E-state index < -0.39 is 5.82 Å². The number of rotatable bonds is 3. The first-order valence-corrected chi connectivity index (χ1v) is 5.54. The fourth-order valence-electron chi connectivity index (χ4n) is 1.31. The Morgan fingerprint density at radius 2 is 2.12 bits per heavy atom. The summed E-state index contributed by atoms with van der Waals surface area (Å²) in [7, 11) is 0. The molecule has 0 radical (unpaired) electrons. The minimum atomic E-state index is -0.406. The van der Waals surface area contributed by atoms with E-state index in [0.717, 1.165) is 5.69 Å². The number of aryl methyl sites for hydroxylation is 1. The van der Waals surface area contributed by atoms with Gasteiger partial charge in [-0.2, -0.15) is 0 Å². The zero-order valence-electron chi connectivity index (χ0n) is 8.20. The second kappa shape index (κ2) is 4.80. The predicted octanol–water partition coefficient (Wildman–Crippen LogP) is 2.84. The first-order valence-electron chi connectivity index (χ1n) is 4.62. The lowest BCUT2D eigenvalue weighted by Gasteiger charge is -2.00. The van der Waals surface area contributed by atoms with Crippen LogP contribution in [-0.4, -0.2) is 20.9 Å². The van der Waals surface area contributed by atoms with E-state index in [1.807, 2.05) is 0 Å². The third-order valence-electron chi connectivity index (χ3n) is 2.00. The Balaban J connectivity index is 2.34. The fourth-order valence-corrected chi connectivity index (χ4v) is 1.72. The molecule has 16 heavy (non-hydrogen) atoms. The van der Waals surface area contributed by atoms with Crippen molar-refractivity contribution < 1.29 is 4.39 Å².